The van der Waals surface area contributed by atoms with Crippen molar-refractivity contribution in [2.24, 2.45) is 0 Å². The number of ether oxygens (including phenoxy) is 1. The van der Waals surface area contributed by atoms with Crippen molar-refractivity contribution in [1.29, 1.82) is 0 Å². The molecule has 0 aromatic rings. The molecule has 0 rings (SSSR count). The second kappa shape index (κ2) is 81.8. The normalized spacial score (nSPS) is 12.5. The molecule has 3 N–H and O–H groups in total. The Balaban J connectivity index is 3.30. The molecular formula is C86H167NO5. The van der Waals surface area contributed by atoms with Gasteiger partial charge < -0.3 is 20.3 Å². The Bertz CT molecular complexity index is 1450. The molecule has 546 valence electrons. The quantitative estimate of drug-likeness (QED) is 0.0320. The van der Waals surface area contributed by atoms with Crippen LogP contribution in [0.25, 0.3) is 0 Å². The number of hydrogen-bond donors (Lipinski definition) is 3. The molecule has 0 spiro atoms. The van der Waals surface area contributed by atoms with Gasteiger partial charge in [-0.15, -0.1) is 0 Å². The summed E-state index contributed by atoms with van der Waals surface area (Å²) in [4.78, 5) is 24.6. The standard InChI is InChI=1S/C86H167NO5/c1-3-5-7-9-11-13-15-17-19-20-21-22-42-45-48-51-54-58-62-66-70-74-78-84(89)83(82-88)87-85(90)79-75-71-67-63-59-55-52-49-46-43-40-38-36-34-32-30-28-26-24-23-25-27-29-31-33-35-37-39-41-44-47-50-53-57-61-65-69-73-77-81-92-86(91)80-76-72-68-64-60-56-18-16-14-12-10-8-6-4-2/h10,12,16,18,83-84,88-89H,3-9,11,13-15,17,19-82H2,1-2H3,(H,87,90)/b12-10-,18-16-. The van der Waals surface area contributed by atoms with Crippen LogP contribution >= 0.6 is 0 Å². The van der Waals surface area contributed by atoms with Crippen LogP contribution in [0.15, 0.2) is 24.3 Å². The summed E-state index contributed by atoms with van der Waals surface area (Å²) >= 11 is 0. The van der Waals surface area contributed by atoms with Crippen LogP contribution in [0.3, 0.4) is 0 Å². The van der Waals surface area contributed by atoms with E-state index in [1.165, 1.54) is 405 Å². The number of aliphatic hydroxyl groups excluding tert-OH is 2. The first kappa shape index (κ1) is 90.3. The average molecular weight is 1300 g/mol. The molecule has 0 heterocycles. The molecule has 0 fully saturated rings. The van der Waals surface area contributed by atoms with Gasteiger partial charge in [0.05, 0.1) is 25.4 Å². The van der Waals surface area contributed by atoms with Gasteiger partial charge in [0.25, 0.3) is 0 Å². The predicted molar refractivity (Wildman–Crippen MR) is 407 cm³/mol. The van der Waals surface area contributed by atoms with Gasteiger partial charge in [0.1, 0.15) is 0 Å². The number of nitrogens with one attached hydrogen (secondary N) is 1. The van der Waals surface area contributed by atoms with Crippen LogP contribution in [0.5, 0.6) is 0 Å². The van der Waals surface area contributed by atoms with E-state index in [1.54, 1.807) is 0 Å². The highest BCUT2D eigenvalue weighted by atomic mass is 16.5. The third-order valence-electron chi connectivity index (χ3n) is 20.3. The van der Waals surface area contributed by atoms with Crippen LogP contribution in [0, 0.1) is 0 Å². The minimum atomic E-state index is -0.661. The lowest BCUT2D eigenvalue weighted by molar-refractivity contribution is -0.143. The fourth-order valence-corrected chi connectivity index (χ4v) is 13.8. The zero-order chi connectivity index (χ0) is 66.3. The molecule has 0 aromatic heterocycles. The average Bonchev–Trinajstić information content (AvgIpc) is 3.67. The number of carbonyl (C=O) groups is 2. The number of unbranched alkanes of at least 4 members (excludes halogenated alkanes) is 66. The van der Waals surface area contributed by atoms with Crippen LogP contribution in [0.2, 0.25) is 0 Å². The molecule has 0 bridgehead atoms. The van der Waals surface area contributed by atoms with Gasteiger partial charge in [-0.3, -0.25) is 9.59 Å². The van der Waals surface area contributed by atoms with Gasteiger partial charge in [0.15, 0.2) is 0 Å². The third-order valence-corrected chi connectivity index (χ3v) is 20.3. The number of amides is 1. The first-order valence-corrected chi connectivity index (χ1v) is 42.6. The monoisotopic (exact) mass is 1290 g/mol. The summed E-state index contributed by atoms with van der Waals surface area (Å²) in [6.07, 6.45) is 106. The van der Waals surface area contributed by atoms with Crippen LogP contribution in [-0.4, -0.2) is 47.4 Å². The Labute approximate surface area is 577 Å². The molecule has 0 aliphatic rings. The highest BCUT2D eigenvalue weighted by Gasteiger charge is 2.20. The maximum atomic E-state index is 12.6. The lowest BCUT2D eigenvalue weighted by Crippen LogP contribution is -2.45. The van der Waals surface area contributed by atoms with E-state index in [2.05, 4.69) is 43.5 Å². The van der Waals surface area contributed by atoms with E-state index in [-0.39, 0.29) is 18.5 Å². The van der Waals surface area contributed by atoms with Gasteiger partial charge in [-0.1, -0.05) is 449 Å². The van der Waals surface area contributed by atoms with Crippen molar-refractivity contribution in [2.45, 2.75) is 501 Å². The molecule has 92 heavy (non-hydrogen) atoms. The van der Waals surface area contributed by atoms with Crippen molar-refractivity contribution in [2.75, 3.05) is 13.2 Å². The van der Waals surface area contributed by atoms with Crippen molar-refractivity contribution in [3.05, 3.63) is 24.3 Å². The van der Waals surface area contributed by atoms with Crippen LogP contribution in [0.4, 0.5) is 0 Å². The minimum absolute atomic E-state index is 0.0103. The molecule has 0 aliphatic heterocycles. The van der Waals surface area contributed by atoms with Crippen LogP contribution in [0.1, 0.15) is 489 Å². The molecule has 2 unspecified atom stereocenters. The maximum Gasteiger partial charge on any atom is 0.305 e. The molecule has 1 amide bonds. The number of aliphatic hydroxyl groups is 2. The van der Waals surface area contributed by atoms with Gasteiger partial charge in [-0.05, 0) is 51.4 Å². The van der Waals surface area contributed by atoms with E-state index < -0.39 is 12.1 Å². The van der Waals surface area contributed by atoms with Gasteiger partial charge in [-0.2, -0.15) is 0 Å². The van der Waals surface area contributed by atoms with Gasteiger partial charge in [-0.25, -0.2) is 0 Å². The summed E-state index contributed by atoms with van der Waals surface area (Å²) in [7, 11) is 0. The number of rotatable bonds is 81. The Morgan fingerprint density at radius 2 is 0.554 bits per heavy atom. The highest BCUT2D eigenvalue weighted by Crippen LogP contribution is 2.21. The van der Waals surface area contributed by atoms with Gasteiger partial charge in [0, 0.05) is 12.8 Å². The summed E-state index contributed by atoms with van der Waals surface area (Å²) in [5, 5.41) is 23.5. The number of hydrogen-bond acceptors (Lipinski definition) is 5. The molecule has 2 atom stereocenters. The summed E-state index contributed by atoms with van der Waals surface area (Å²) in [5.74, 6) is -0.0126. The maximum absolute atomic E-state index is 12.6. The SMILES string of the molecule is CCCC/C=C\C/C=C\CCCCCCCC(=O)OCCCCCCCCCCCCCCCCCCCCCCCCCCCCCCCCCCCCCCCCCC(=O)NC(CO)C(O)CCCCCCCCCCCCCCCCCCCCCCCC. The van der Waals surface area contributed by atoms with E-state index in [0.29, 0.717) is 25.9 Å². The summed E-state index contributed by atoms with van der Waals surface area (Å²) in [5.41, 5.74) is 0. The Hall–Kier alpha value is -1.66. The molecule has 0 aromatic carbocycles. The summed E-state index contributed by atoms with van der Waals surface area (Å²) in [6, 6.07) is -0.538. The summed E-state index contributed by atoms with van der Waals surface area (Å²) in [6.45, 7) is 4.96. The molecule has 0 radical (unpaired) electrons. The van der Waals surface area contributed by atoms with Crippen molar-refractivity contribution < 1.29 is 24.5 Å². The minimum Gasteiger partial charge on any atom is -0.466 e. The number of carbonyl (C=O) groups excluding carboxylic acids is 2. The zero-order valence-corrected chi connectivity index (χ0v) is 62.8. The predicted octanol–water partition coefficient (Wildman–Crippen LogP) is 28.4. The molecule has 0 saturated carbocycles. The lowest BCUT2D eigenvalue weighted by atomic mass is 10.0. The molecule has 6 heteroatoms. The van der Waals surface area contributed by atoms with Gasteiger partial charge in [0.2, 0.25) is 5.91 Å². The Kier molecular flexibility index (Phi) is 80.3. The first-order valence-electron chi connectivity index (χ1n) is 42.6. The molecule has 6 nitrogen and oxygen atoms in total. The Morgan fingerprint density at radius 3 is 0.859 bits per heavy atom. The third kappa shape index (κ3) is 77.3. The topological polar surface area (TPSA) is 95.9 Å². The van der Waals surface area contributed by atoms with E-state index in [0.717, 1.165) is 51.4 Å². The molecular weight excluding hydrogens is 1130 g/mol. The largest absolute Gasteiger partial charge is 0.466 e. The van der Waals surface area contributed by atoms with E-state index in [9.17, 15) is 19.8 Å². The highest BCUT2D eigenvalue weighted by molar-refractivity contribution is 5.76. The number of allylic oxidation sites excluding steroid dienone is 4. The van der Waals surface area contributed by atoms with Gasteiger partial charge >= 0.3 is 5.97 Å². The Morgan fingerprint density at radius 1 is 0.304 bits per heavy atom. The van der Waals surface area contributed by atoms with Crippen LogP contribution in [-0.2, 0) is 14.3 Å². The lowest BCUT2D eigenvalue weighted by Gasteiger charge is -2.22. The smallest absolute Gasteiger partial charge is 0.305 e. The van der Waals surface area contributed by atoms with E-state index >= 15 is 0 Å². The fraction of sp³-hybridized carbons (Fsp3) is 0.930. The number of esters is 1. The molecule has 0 saturated heterocycles. The first-order chi connectivity index (χ1) is 45.5. The molecule has 0 aliphatic carbocycles. The van der Waals surface area contributed by atoms with E-state index in [1.807, 2.05) is 0 Å². The van der Waals surface area contributed by atoms with Crippen molar-refractivity contribution in [1.82, 2.24) is 5.32 Å². The summed E-state index contributed by atoms with van der Waals surface area (Å²) < 4.78 is 5.49. The second-order valence-electron chi connectivity index (χ2n) is 29.5. The zero-order valence-electron chi connectivity index (χ0n) is 62.8. The van der Waals surface area contributed by atoms with Crippen molar-refractivity contribution in [3.63, 3.8) is 0 Å². The van der Waals surface area contributed by atoms with Crippen molar-refractivity contribution in [3.8, 4) is 0 Å². The fourth-order valence-electron chi connectivity index (χ4n) is 13.8. The van der Waals surface area contributed by atoms with E-state index in [4.69, 9.17) is 4.74 Å². The van der Waals surface area contributed by atoms with Crippen molar-refractivity contribution >= 4 is 11.9 Å². The second-order valence-corrected chi connectivity index (χ2v) is 29.5. The van der Waals surface area contributed by atoms with Crippen LogP contribution < -0.4 is 5.32 Å².